The van der Waals surface area contributed by atoms with Gasteiger partial charge < -0.3 is 5.32 Å². The lowest BCUT2D eigenvalue weighted by molar-refractivity contribution is 0.0877. The minimum absolute atomic E-state index is 0.129. The third-order valence-electron chi connectivity index (χ3n) is 4.38. The normalized spacial score (nSPS) is 27.1. The number of thiophene rings is 1. The molecule has 108 valence electrons. The number of piperidine rings is 1. The van der Waals surface area contributed by atoms with E-state index in [1.807, 2.05) is 0 Å². The molecule has 0 radical (unpaired) electrons. The van der Waals surface area contributed by atoms with Gasteiger partial charge in [-0.05, 0) is 30.9 Å². The summed E-state index contributed by atoms with van der Waals surface area (Å²) in [6.07, 6.45) is 4.94. The van der Waals surface area contributed by atoms with Gasteiger partial charge in [-0.2, -0.15) is 0 Å². The molecule has 0 aromatic carbocycles. The predicted octanol–water partition coefficient (Wildman–Crippen LogP) is 1.89. The maximum absolute atomic E-state index is 12.3. The van der Waals surface area contributed by atoms with Gasteiger partial charge in [0.1, 0.15) is 5.69 Å². The summed E-state index contributed by atoms with van der Waals surface area (Å²) in [6.45, 7) is 2.18. The van der Waals surface area contributed by atoms with Gasteiger partial charge in [0.15, 0.2) is 6.29 Å². The number of nitrogens with one attached hydrogen (secondary N) is 1. The second-order valence-electron chi connectivity index (χ2n) is 5.75. The van der Waals surface area contributed by atoms with Crippen molar-refractivity contribution in [1.29, 1.82) is 0 Å². The molecule has 1 N–H and O–H groups in total. The maximum Gasteiger partial charge on any atom is 0.271 e. The Morgan fingerprint density at radius 2 is 2.38 bits per heavy atom. The van der Waals surface area contributed by atoms with E-state index >= 15 is 0 Å². The lowest BCUT2D eigenvalue weighted by atomic mass is 10.0. The number of aldehydes is 1. The number of nitrogens with zero attached hydrogens (tertiary/aromatic N) is 2. The van der Waals surface area contributed by atoms with Gasteiger partial charge in [0, 0.05) is 29.4 Å². The second-order valence-corrected chi connectivity index (χ2v) is 6.86. The summed E-state index contributed by atoms with van der Waals surface area (Å²) in [6, 6.07) is 3.56. The van der Waals surface area contributed by atoms with Crippen molar-refractivity contribution in [3.63, 3.8) is 0 Å². The van der Waals surface area contributed by atoms with Crippen LogP contribution in [0, 0.1) is 5.92 Å². The fraction of sp³-hybridized carbons (Fsp3) is 0.400. The lowest BCUT2D eigenvalue weighted by Gasteiger charge is -2.25. The van der Waals surface area contributed by atoms with E-state index in [2.05, 4.69) is 15.2 Å². The highest BCUT2D eigenvalue weighted by molar-refractivity contribution is 7.20. The predicted molar refractivity (Wildman–Crippen MR) is 80.6 cm³/mol. The highest BCUT2D eigenvalue weighted by Gasteiger charge is 2.38. The minimum Gasteiger partial charge on any atom is -0.335 e. The van der Waals surface area contributed by atoms with Gasteiger partial charge >= 0.3 is 0 Å². The van der Waals surface area contributed by atoms with Gasteiger partial charge in [-0.3, -0.25) is 19.5 Å². The highest BCUT2D eigenvalue weighted by atomic mass is 32.1. The molecule has 4 heterocycles. The molecule has 6 heteroatoms. The Bertz CT molecular complexity index is 727. The zero-order valence-electron chi connectivity index (χ0n) is 11.4. The van der Waals surface area contributed by atoms with Gasteiger partial charge in [-0.25, -0.2) is 0 Å². The molecule has 2 bridgehead atoms. The largest absolute Gasteiger partial charge is 0.335 e. The molecular weight excluding hydrogens is 286 g/mol. The number of hydrogen-bond acceptors (Lipinski definition) is 5. The van der Waals surface area contributed by atoms with Gasteiger partial charge in [0.2, 0.25) is 0 Å². The molecule has 2 fully saturated rings. The molecule has 0 aliphatic carbocycles. The van der Waals surface area contributed by atoms with Crippen molar-refractivity contribution in [2.45, 2.75) is 19.0 Å². The molecule has 2 aliphatic rings. The van der Waals surface area contributed by atoms with Crippen LogP contribution in [0.4, 0.5) is 0 Å². The van der Waals surface area contributed by atoms with Crippen molar-refractivity contribution < 1.29 is 9.59 Å². The smallest absolute Gasteiger partial charge is 0.271 e. The Labute approximate surface area is 126 Å². The van der Waals surface area contributed by atoms with Gasteiger partial charge in [0.05, 0.1) is 11.0 Å². The lowest BCUT2D eigenvalue weighted by Crippen LogP contribution is -2.45. The zero-order chi connectivity index (χ0) is 14.4. The molecule has 21 heavy (non-hydrogen) atoms. The Morgan fingerprint density at radius 1 is 1.48 bits per heavy atom. The van der Waals surface area contributed by atoms with Crippen LogP contribution >= 0.6 is 11.3 Å². The van der Waals surface area contributed by atoms with E-state index in [9.17, 15) is 9.59 Å². The Morgan fingerprint density at radius 3 is 3.10 bits per heavy atom. The minimum atomic E-state index is -0.129. The molecular formula is C15H15N3O2S. The number of rotatable bonds is 3. The summed E-state index contributed by atoms with van der Waals surface area (Å²) in [4.78, 5) is 30.3. The van der Waals surface area contributed by atoms with Crippen molar-refractivity contribution in [3.8, 4) is 0 Å². The fourth-order valence-electron chi connectivity index (χ4n) is 3.31. The first-order valence-corrected chi connectivity index (χ1v) is 7.94. The molecule has 4 rings (SSSR count). The van der Waals surface area contributed by atoms with Crippen LogP contribution < -0.4 is 5.32 Å². The molecule has 2 saturated heterocycles. The first-order valence-electron chi connectivity index (χ1n) is 7.12. The van der Waals surface area contributed by atoms with E-state index in [-0.39, 0.29) is 12.1 Å². The summed E-state index contributed by atoms with van der Waals surface area (Å²) in [5.41, 5.74) is 0.422. The Balaban J connectivity index is 1.54. The molecule has 5 nitrogen and oxygen atoms in total. The van der Waals surface area contributed by atoms with Crippen molar-refractivity contribution in [2.75, 3.05) is 13.1 Å². The maximum atomic E-state index is 12.3. The van der Waals surface area contributed by atoms with Gasteiger partial charge in [0.25, 0.3) is 5.91 Å². The van der Waals surface area contributed by atoms with Crippen LogP contribution in [-0.2, 0) is 0 Å². The number of aromatic nitrogens is 1. The summed E-state index contributed by atoms with van der Waals surface area (Å²) >= 11 is 1.39. The molecule has 1 amide bonds. The van der Waals surface area contributed by atoms with Gasteiger partial charge in [-0.15, -0.1) is 11.3 Å². The van der Waals surface area contributed by atoms with E-state index in [4.69, 9.17) is 0 Å². The summed E-state index contributed by atoms with van der Waals surface area (Å²) in [5.74, 6) is 0.605. The zero-order valence-corrected chi connectivity index (χ0v) is 12.2. The van der Waals surface area contributed by atoms with Crippen LogP contribution in [0.2, 0.25) is 0 Å². The number of carbonyl (C=O) groups excluding carboxylic acids is 2. The van der Waals surface area contributed by atoms with Crippen LogP contribution in [-0.4, -0.2) is 41.3 Å². The molecule has 3 atom stereocenters. The van der Waals surface area contributed by atoms with E-state index in [1.165, 1.54) is 17.8 Å². The topological polar surface area (TPSA) is 62.3 Å². The third-order valence-corrected chi connectivity index (χ3v) is 5.40. The van der Waals surface area contributed by atoms with Crippen molar-refractivity contribution >= 4 is 33.6 Å². The van der Waals surface area contributed by atoms with Crippen molar-refractivity contribution in [2.24, 2.45) is 5.92 Å². The third kappa shape index (κ3) is 2.24. The summed E-state index contributed by atoms with van der Waals surface area (Å²) in [7, 11) is 0. The molecule has 2 aromatic rings. The average molecular weight is 301 g/mol. The van der Waals surface area contributed by atoms with Crippen molar-refractivity contribution in [3.05, 3.63) is 28.9 Å². The number of fused-ring (bicyclic) bond motifs is 3. The number of hydrogen-bond donors (Lipinski definition) is 1. The molecule has 0 spiro atoms. The number of carbonyl (C=O) groups is 2. The van der Waals surface area contributed by atoms with Crippen LogP contribution in [0.25, 0.3) is 10.1 Å². The van der Waals surface area contributed by atoms with Crippen LogP contribution in [0.5, 0.6) is 0 Å². The Hall–Kier alpha value is -1.79. The van der Waals surface area contributed by atoms with E-state index < -0.39 is 0 Å². The average Bonchev–Trinajstić information content (AvgIpc) is 3.20. The molecule has 3 unspecified atom stereocenters. The van der Waals surface area contributed by atoms with Crippen molar-refractivity contribution in [1.82, 2.24) is 15.2 Å². The second kappa shape index (κ2) is 4.89. The SMILES string of the molecule is O=Cc1cc2cnc(C(=O)NC3CC4CCN3C4)cc2s1. The highest BCUT2D eigenvalue weighted by Crippen LogP contribution is 2.31. The summed E-state index contributed by atoms with van der Waals surface area (Å²) in [5, 5.41) is 3.98. The van der Waals surface area contributed by atoms with Crippen LogP contribution in [0.1, 0.15) is 33.0 Å². The van der Waals surface area contributed by atoms with E-state index in [0.717, 1.165) is 41.8 Å². The standard InChI is InChI=1S/C15H15N3O2S/c19-8-11-4-10-6-16-12(5-13(10)21-11)15(20)17-14-3-9-1-2-18(14)7-9/h4-6,8-9,14H,1-3,7H2,(H,17,20). The first-order chi connectivity index (χ1) is 10.2. The fourth-order valence-corrected chi connectivity index (χ4v) is 4.20. The number of pyridine rings is 1. The summed E-state index contributed by atoms with van der Waals surface area (Å²) < 4.78 is 0.922. The van der Waals surface area contributed by atoms with E-state index in [1.54, 1.807) is 18.3 Å². The quantitative estimate of drug-likeness (QED) is 0.879. The van der Waals surface area contributed by atoms with Crippen LogP contribution in [0.3, 0.4) is 0 Å². The number of amides is 1. The molecule has 0 saturated carbocycles. The van der Waals surface area contributed by atoms with Crippen LogP contribution in [0.15, 0.2) is 18.3 Å². The Kier molecular flexibility index (Phi) is 3.01. The van der Waals surface area contributed by atoms with E-state index in [0.29, 0.717) is 10.6 Å². The monoisotopic (exact) mass is 301 g/mol. The first kappa shape index (κ1) is 12.9. The molecule has 2 aliphatic heterocycles. The van der Waals surface area contributed by atoms with Gasteiger partial charge in [-0.1, -0.05) is 0 Å². The molecule has 2 aromatic heterocycles.